The quantitative estimate of drug-likeness (QED) is 0.580. The molecule has 8 nitrogen and oxygen atoms in total. The van der Waals surface area contributed by atoms with Crippen LogP contribution in [0.15, 0.2) is 64.7 Å². The summed E-state index contributed by atoms with van der Waals surface area (Å²) in [6, 6.07) is 10.5. The molecular weight excluding hydrogens is 523 g/mol. The van der Waals surface area contributed by atoms with Crippen LogP contribution in [0.4, 0.5) is 24.5 Å². The zero-order valence-corrected chi connectivity index (χ0v) is 21.9. The second kappa shape index (κ2) is 9.05. The molecule has 0 fully saturated rings. The molecule has 2 aromatic rings. The lowest BCUT2D eigenvalue weighted by Gasteiger charge is -2.35. The van der Waals surface area contributed by atoms with Crippen molar-refractivity contribution in [3.8, 4) is 0 Å². The van der Waals surface area contributed by atoms with Gasteiger partial charge in [-0.15, -0.1) is 0 Å². The van der Waals surface area contributed by atoms with Crippen LogP contribution in [0.3, 0.4) is 0 Å². The molecule has 0 saturated heterocycles. The zero-order valence-electron chi connectivity index (χ0n) is 21.1. The molecule has 0 radical (unpaired) electrons. The highest BCUT2D eigenvalue weighted by Crippen LogP contribution is 2.53. The van der Waals surface area contributed by atoms with Crippen molar-refractivity contribution in [2.45, 2.75) is 57.1 Å². The lowest BCUT2D eigenvalue weighted by molar-refractivity contribution is -0.184. The predicted octanol–water partition coefficient (Wildman–Crippen LogP) is 4.22. The third-order valence-electron chi connectivity index (χ3n) is 6.51. The van der Waals surface area contributed by atoms with Gasteiger partial charge < -0.3 is 5.32 Å². The average molecular weight is 550 g/mol. The molecule has 2 aliphatic rings. The number of benzene rings is 2. The second-order valence-corrected chi connectivity index (χ2v) is 12.0. The summed E-state index contributed by atoms with van der Waals surface area (Å²) in [5.74, 6) is -3.01. The molecule has 12 heteroatoms. The van der Waals surface area contributed by atoms with Crippen molar-refractivity contribution in [2.24, 2.45) is 5.41 Å². The van der Waals surface area contributed by atoms with Gasteiger partial charge in [-0.25, -0.2) is 8.42 Å². The molecule has 2 amide bonds. The first kappa shape index (κ1) is 27.5. The summed E-state index contributed by atoms with van der Waals surface area (Å²) in [6.45, 7) is 6.39. The lowest BCUT2D eigenvalue weighted by atomic mass is 9.72. The van der Waals surface area contributed by atoms with Crippen molar-refractivity contribution in [2.75, 3.05) is 10.2 Å². The average Bonchev–Trinajstić information content (AvgIpc) is 3.01. The Labute approximate surface area is 217 Å². The summed E-state index contributed by atoms with van der Waals surface area (Å²) < 4.78 is 73.2. The standard InChI is InChI=1S/C26H26F3N3O5S/c1-15-5-9-18(10-6-15)32-20-13-24(3,4)14-21(34)22(20)25(23(32)35,26(27,28)29)31-38(36,37)19-11-7-17(8-12-19)30-16(2)33/h5-12,31H,13-14H2,1-4H3,(H,30,33)/t25-/m0/s1. The van der Waals surface area contributed by atoms with Crippen LogP contribution in [0.2, 0.25) is 0 Å². The highest BCUT2D eigenvalue weighted by Gasteiger charge is 2.72. The van der Waals surface area contributed by atoms with Crippen molar-refractivity contribution in [1.29, 1.82) is 0 Å². The summed E-state index contributed by atoms with van der Waals surface area (Å²) in [5.41, 5.74) is -4.58. The summed E-state index contributed by atoms with van der Waals surface area (Å²) in [6.07, 6.45) is -5.85. The fourth-order valence-electron chi connectivity index (χ4n) is 4.87. The number of hydrogen-bond acceptors (Lipinski definition) is 5. The van der Waals surface area contributed by atoms with Crippen molar-refractivity contribution in [3.05, 3.63) is 65.4 Å². The number of nitrogens with one attached hydrogen (secondary N) is 2. The molecule has 1 aliphatic heterocycles. The Morgan fingerprint density at radius 1 is 0.974 bits per heavy atom. The Morgan fingerprint density at radius 3 is 2.08 bits per heavy atom. The molecule has 2 N–H and O–H groups in total. The van der Waals surface area contributed by atoms with E-state index in [0.717, 1.165) is 22.6 Å². The number of ketones is 1. The van der Waals surface area contributed by atoms with Crippen molar-refractivity contribution >= 4 is 39.0 Å². The number of nitrogens with zero attached hydrogens (tertiary/aromatic N) is 1. The van der Waals surface area contributed by atoms with E-state index < -0.39 is 55.2 Å². The molecule has 1 heterocycles. The fraction of sp³-hybridized carbons (Fsp3) is 0.346. The van der Waals surface area contributed by atoms with E-state index in [1.54, 1.807) is 37.6 Å². The van der Waals surface area contributed by atoms with E-state index in [1.807, 2.05) is 0 Å². The van der Waals surface area contributed by atoms with E-state index >= 15 is 13.2 Å². The van der Waals surface area contributed by atoms with Gasteiger partial charge in [-0.2, -0.15) is 17.9 Å². The van der Waals surface area contributed by atoms with Crippen LogP contribution in [-0.4, -0.2) is 37.7 Å². The van der Waals surface area contributed by atoms with Gasteiger partial charge in [0.15, 0.2) is 5.78 Å². The minimum atomic E-state index is -5.50. The molecule has 0 bridgehead atoms. The van der Waals surface area contributed by atoms with Crippen LogP contribution < -0.4 is 14.9 Å². The van der Waals surface area contributed by atoms with Crippen LogP contribution in [-0.2, 0) is 24.4 Å². The first-order chi connectivity index (χ1) is 17.5. The number of carbonyl (C=O) groups excluding carboxylic acids is 3. The fourth-order valence-corrected chi connectivity index (χ4v) is 6.19. The van der Waals surface area contributed by atoms with Gasteiger partial charge >= 0.3 is 6.18 Å². The number of amides is 2. The SMILES string of the molecule is CC(=O)Nc1ccc(S(=O)(=O)N[C@]2(C(F)(F)F)C(=O)N(c3ccc(C)cc3)C3=C2C(=O)CC(C)(C)C3)cc1. The number of halogens is 3. The topological polar surface area (TPSA) is 113 Å². The highest BCUT2D eigenvalue weighted by molar-refractivity contribution is 7.89. The van der Waals surface area contributed by atoms with Gasteiger partial charge in [0.25, 0.3) is 5.91 Å². The summed E-state index contributed by atoms with van der Waals surface area (Å²) in [5, 5.41) is 2.43. The predicted molar refractivity (Wildman–Crippen MR) is 134 cm³/mol. The van der Waals surface area contributed by atoms with Crippen LogP contribution in [0, 0.1) is 12.3 Å². The third-order valence-corrected chi connectivity index (χ3v) is 7.98. The smallest absolute Gasteiger partial charge is 0.326 e. The Balaban J connectivity index is 1.91. The van der Waals surface area contributed by atoms with Crippen molar-refractivity contribution in [1.82, 2.24) is 4.72 Å². The number of alkyl halides is 3. The number of rotatable bonds is 5. The van der Waals surface area contributed by atoms with Gasteiger partial charge in [-0.05, 0) is 55.2 Å². The van der Waals surface area contributed by atoms with E-state index in [0.29, 0.717) is 0 Å². The third kappa shape index (κ3) is 4.62. The maximum atomic E-state index is 15.0. The molecule has 2 aromatic carbocycles. The molecule has 1 atom stereocenters. The number of anilines is 2. The first-order valence-corrected chi connectivity index (χ1v) is 13.1. The van der Waals surface area contributed by atoms with E-state index in [9.17, 15) is 22.8 Å². The van der Waals surface area contributed by atoms with Crippen LogP contribution >= 0.6 is 0 Å². The Bertz CT molecular complexity index is 1460. The number of Topliss-reactive ketones (excluding diaryl/α,β-unsaturated/α-hetero) is 1. The minimum absolute atomic E-state index is 0.0569. The molecule has 4 rings (SSSR count). The first-order valence-electron chi connectivity index (χ1n) is 11.6. The molecule has 0 saturated carbocycles. The van der Waals surface area contributed by atoms with E-state index in [2.05, 4.69) is 5.32 Å². The van der Waals surface area contributed by atoms with Gasteiger partial charge in [-0.3, -0.25) is 19.3 Å². The maximum absolute atomic E-state index is 15.0. The Hall–Kier alpha value is -3.51. The number of hydrogen-bond donors (Lipinski definition) is 2. The summed E-state index contributed by atoms with van der Waals surface area (Å²) in [7, 11) is -5.00. The van der Waals surface area contributed by atoms with Crippen molar-refractivity contribution < 1.29 is 36.0 Å². The number of allylic oxidation sites excluding steroid dienone is 1. The molecule has 202 valence electrons. The largest absolute Gasteiger partial charge is 0.421 e. The van der Waals surface area contributed by atoms with Gasteiger partial charge in [0, 0.05) is 30.4 Å². The van der Waals surface area contributed by atoms with E-state index in [1.165, 1.54) is 31.2 Å². The van der Waals surface area contributed by atoms with Gasteiger partial charge in [-0.1, -0.05) is 31.5 Å². The van der Waals surface area contributed by atoms with Gasteiger partial charge in [0.05, 0.1) is 10.5 Å². The number of carbonyl (C=O) groups is 3. The number of sulfonamides is 1. The number of aryl methyl sites for hydroxylation is 1. The monoisotopic (exact) mass is 549 g/mol. The molecule has 0 aromatic heterocycles. The minimum Gasteiger partial charge on any atom is -0.326 e. The van der Waals surface area contributed by atoms with Crippen LogP contribution in [0.1, 0.15) is 39.2 Å². The molecule has 0 unspecified atom stereocenters. The normalized spacial score (nSPS) is 21.5. The Morgan fingerprint density at radius 2 is 1.55 bits per heavy atom. The lowest BCUT2D eigenvalue weighted by Crippen LogP contribution is -2.66. The maximum Gasteiger partial charge on any atom is 0.421 e. The zero-order chi connectivity index (χ0) is 28.3. The summed E-state index contributed by atoms with van der Waals surface area (Å²) >= 11 is 0. The van der Waals surface area contributed by atoms with Crippen LogP contribution in [0.5, 0.6) is 0 Å². The molecule has 0 spiro atoms. The van der Waals surface area contributed by atoms with Crippen LogP contribution in [0.25, 0.3) is 0 Å². The summed E-state index contributed by atoms with van der Waals surface area (Å²) in [4.78, 5) is 38.6. The van der Waals surface area contributed by atoms with E-state index in [4.69, 9.17) is 0 Å². The van der Waals surface area contributed by atoms with Crippen molar-refractivity contribution in [3.63, 3.8) is 0 Å². The molecule has 1 aliphatic carbocycles. The van der Waals surface area contributed by atoms with Gasteiger partial charge in [0.1, 0.15) is 0 Å². The highest BCUT2D eigenvalue weighted by atomic mass is 32.2. The van der Waals surface area contributed by atoms with E-state index in [-0.39, 0.29) is 29.9 Å². The molecule has 38 heavy (non-hydrogen) atoms. The second-order valence-electron chi connectivity index (χ2n) is 10.3. The Kier molecular flexibility index (Phi) is 6.56. The van der Waals surface area contributed by atoms with Gasteiger partial charge in [0.2, 0.25) is 21.5 Å². The molecular formula is C26H26F3N3O5S.